The van der Waals surface area contributed by atoms with Crippen LogP contribution in [0.5, 0.6) is 0 Å². The first kappa shape index (κ1) is 24.4. The van der Waals surface area contributed by atoms with E-state index in [0.717, 1.165) is 5.56 Å². The van der Waals surface area contributed by atoms with Crippen LogP contribution in [0, 0.1) is 0 Å². The third-order valence-corrected chi connectivity index (χ3v) is 4.79. The molecule has 0 saturated heterocycles. The summed E-state index contributed by atoms with van der Waals surface area (Å²) in [7, 11) is 1.35. The van der Waals surface area contributed by atoms with Gasteiger partial charge in [0.05, 0.1) is 17.7 Å². The van der Waals surface area contributed by atoms with Crippen LogP contribution in [-0.2, 0) is 27.4 Å². The van der Waals surface area contributed by atoms with Crippen molar-refractivity contribution in [3.8, 4) is 11.1 Å². The van der Waals surface area contributed by atoms with E-state index in [0.29, 0.717) is 5.56 Å². The van der Waals surface area contributed by atoms with Crippen molar-refractivity contribution in [1.82, 2.24) is 0 Å². The molecular formula is C25H23NO8. The van der Waals surface area contributed by atoms with Gasteiger partial charge in [-0.25, -0.2) is 14.4 Å². The Bertz CT molecular complexity index is 1180. The maximum absolute atomic E-state index is 12.7. The summed E-state index contributed by atoms with van der Waals surface area (Å²) in [6.45, 7) is -0.589. The maximum atomic E-state index is 12.7. The number of esters is 1. The summed E-state index contributed by atoms with van der Waals surface area (Å²) in [5.74, 6) is -2.01. The molecule has 0 aliphatic rings. The molecule has 0 atom stereocenters. The highest BCUT2D eigenvalue weighted by molar-refractivity contribution is 6.04. The van der Waals surface area contributed by atoms with E-state index in [1.54, 1.807) is 6.07 Å². The molecule has 0 aliphatic heterocycles. The number of nitrogens with one attached hydrogen (secondary N) is 1. The molecule has 1 amide bonds. The summed E-state index contributed by atoms with van der Waals surface area (Å²) in [6, 6.07) is 17.9. The molecule has 176 valence electrons. The van der Waals surface area contributed by atoms with Gasteiger partial charge in [0.1, 0.15) is 6.61 Å². The Hall–Kier alpha value is -4.21. The number of ether oxygens (including phenoxy) is 3. The van der Waals surface area contributed by atoms with Crippen LogP contribution in [0.15, 0.2) is 66.7 Å². The van der Waals surface area contributed by atoms with Crippen molar-refractivity contribution in [2.45, 2.75) is 13.2 Å². The molecule has 0 bridgehead atoms. The van der Waals surface area contributed by atoms with Crippen LogP contribution in [0.4, 0.5) is 10.5 Å². The van der Waals surface area contributed by atoms with Crippen molar-refractivity contribution in [3.63, 3.8) is 0 Å². The SMILES string of the molecule is COCOC(=O)c1cc(NC(=O)OCc2ccccc2)ccc1-c1ccc(CO)cc1C(=O)O. The van der Waals surface area contributed by atoms with E-state index in [2.05, 4.69) is 5.32 Å². The lowest BCUT2D eigenvalue weighted by molar-refractivity contribution is -0.0124. The van der Waals surface area contributed by atoms with Gasteiger partial charge in [-0.3, -0.25) is 5.32 Å². The normalized spacial score (nSPS) is 10.4. The molecule has 9 heteroatoms. The average molecular weight is 465 g/mol. The Morgan fingerprint density at radius 3 is 2.24 bits per heavy atom. The molecule has 3 aromatic rings. The predicted octanol–water partition coefficient (Wildman–Crippen LogP) is 4.05. The van der Waals surface area contributed by atoms with E-state index >= 15 is 0 Å². The molecule has 0 radical (unpaired) electrons. The second-order valence-electron chi connectivity index (χ2n) is 7.13. The lowest BCUT2D eigenvalue weighted by Gasteiger charge is -2.15. The van der Waals surface area contributed by atoms with Gasteiger partial charge >= 0.3 is 18.0 Å². The molecule has 0 fully saturated rings. The third kappa shape index (κ3) is 6.18. The summed E-state index contributed by atoms with van der Waals surface area (Å²) < 4.78 is 15.0. The van der Waals surface area contributed by atoms with Gasteiger partial charge in [-0.05, 0) is 40.5 Å². The number of rotatable bonds is 9. The zero-order chi connectivity index (χ0) is 24.5. The smallest absolute Gasteiger partial charge is 0.411 e. The van der Waals surface area contributed by atoms with Crippen LogP contribution in [0.3, 0.4) is 0 Å². The first-order valence-corrected chi connectivity index (χ1v) is 10.2. The predicted molar refractivity (Wildman–Crippen MR) is 122 cm³/mol. The van der Waals surface area contributed by atoms with Gasteiger partial charge in [0, 0.05) is 12.8 Å². The van der Waals surface area contributed by atoms with Crippen molar-refractivity contribution >= 4 is 23.7 Å². The highest BCUT2D eigenvalue weighted by Crippen LogP contribution is 2.31. The quantitative estimate of drug-likeness (QED) is 0.319. The average Bonchev–Trinajstić information content (AvgIpc) is 2.86. The summed E-state index contributed by atoms with van der Waals surface area (Å²) in [5, 5.41) is 21.6. The third-order valence-electron chi connectivity index (χ3n) is 4.79. The number of carboxylic acid groups (broad SMARTS) is 1. The maximum Gasteiger partial charge on any atom is 0.411 e. The zero-order valence-electron chi connectivity index (χ0n) is 18.3. The van der Waals surface area contributed by atoms with E-state index in [-0.39, 0.29) is 47.9 Å². The number of amides is 1. The fourth-order valence-corrected chi connectivity index (χ4v) is 3.19. The van der Waals surface area contributed by atoms with Crippen LogP contribution in [0.25, 0.3) is 11.1 Å². The van der Waals surface area contributed by atoms with Gasteiger partial charge in [-0.1, -0.05) is 48.5 Å². The first-order chi connectivity index (χ1) is 16.4. The summed E-state index contributed by atoms with van der Waals surface area (Å²) >= 11 is 0. The highest BCUT2D eigenvalue weighted by atomic mass is 16.7. The van der Waals surface area contributed by atoms with Crippen LogP contribution < -0.4 is 5.32 Å². The Morgan fingerprint density at radius 2 is 1.56 bits per heavy atom. The number of hydrogen-bond acceptors (Lipinski definition) is 7. The number of carbonyl (C=O) groups is 3. The van der Waals surface area contributed by atoms with Crippen LogP contribution in [-0.4, -0.2) is 42.1 Å². The van der Waals surface area contributed by atoms with Gasteiger partial charge < -0.3 is 24.4 Å². The van der Waals surface area contributed by atoms with E-state index < -0.39 is 18.0 Å². The number of benzene rings is 3. The number of carbonyl (C=O) groups excluding carboxylic acids is 2. The zero-order valence-corrected chi connectivity index (χ0v) is 18.3. The van der Waals surface area contributed by atoms with Gasteiger partial charge in [0.2, 0.25) is 0 Å². The Kier molecular flexibility index (Phi) is 8.33. The molecule has 3 aromatic carbocycles. The molecule has 34 heavy (non-hydrogen) atoms. The van der Waals surface area contributed by atoms with E-state index in [4.69, 9.17) is 14.2 Å². The molecule has 0 spiro atoms. The number of carboxylic acids is 1. The second kappa shape index (κ2) is 11.6. The molecule has 0 aromatic heterocycles. The van der Waals surface area contributed by atoms with Crippen molar-refractivity contribution in [2.75, 3.05) is 19.2 Å². The van der Waals surface area contributed by atoms with Gasteiger partial charge in [-0.2, -0.15) is 0 Å². The fraction of sp³-hybridized carbons (Fsp3) is 0.160. The molecule has 0 heterocycles. The highest BCUT2D eigenvalue weighted by Gasteiger charge is 2.21. The van der Waals surface area contributed by atoms with Crippen LogP contribution in [0.1, 0.15) is 31.8 Å². The number of aliphatic hydroxyl groups excluding tert-OH is 1. The van der Waals surface area contributed by atoms with E-state index in [1.807, 2.05) is 30.3 Å². The Morgan fingerprint density at radius 1 is 0.853 bits per heavy atom. The number of hydrogen-bond donors (Lipinski definition) is 3. The lowest BCUT2D eigenvalue weighted by Crippen LogP contribution is -2.15. The summed E-state index contributed by atoms with van der Waals surface area (Å²) in [6.07, 6.45) is -0.730. The molecule has 9 nitrogen and oxygen atoms in total. The van der Waals surface area contributed by atoms with Crippen LogP contribution >= 0.6 is 0 Å². The monoisotopic (exact) mass is 465 g/mol. The summed E-state index contributed by atoms with van der Waals surface area (Å²) in [4.78, 5) is 36.8. The molecule has 3 rings (SSSR count). The minimum absolute atomic E-state index is 0.0113. The van der Waals surface area contributed by atoms with Crippen LogP contribution in [0.2, 0.25) is 0 Å². The van der Waals surface area contributed by atoms with E-state index in [9.17, 15) is 24.6 Å². The topological polar surface area (TPSA) is 131 Å². The largest absolute Gasteiger partial charge is 0.478 e. The first-order valence-electron chi connectivity index (χ1n) is 10.2. The van der Waals surface area contributed by atoms with Crippen molar-refractivity contribution in [3.05, 3.63) is 89.0 Å². The molecule has 3 N–H and O–H groups in total. The summed E-state index contributed by atoms with van der Waals surface area (Å²) in [5.41, 5.74) is 1.88. The molecule has 0 unspecified atom stereocenters. The van der Waals surface area contributed by atoms with Gasteiger partial charge in [0.25, 0.3) is 0 Å². The minimum Gasteiger partial charge on any atom is -0.478 e. The van der Waals surface area contributed by atoms with Crippen molar-refractivity contribution in [2.24, 2.45) is 0 Å². The second-order valence-corrected chi connectivity index (χ2v) is 7.13. The minimum atomic E-state index is -1.23. The number of methoxy groups -OCH3 is 1. The lowest BCUT2D eigenvalue weighted by atomic mass is 9.93. The molecular weight excluding hydrogens is 442 g/mol. The Balaban J connectivity index is 1.91. The van der Waals surface area contributed by atoms with Gasteiger partial charge in [0.15, 0.2) is 6.79 Å². The van der Waals surface area contributed by atoms with Crippen molar-refractivity contribution < 1.29 is 38.8 Å². The molecule has 0 aliphatic carbocycles. The number of aliphatic hydroxyl groups is 1. The molecule has 0 saturated carbocycles. The number of aromatic carboxylic acids is 1. The fourth-order valence-electron chi connectivity index (χ4n) is 3.19. The Labute approximate surface area is 195 Å². The number of anilines is 1. The van der Waals surface area contributed by atoms with Gasteiger partial charge in [-0.15, -0.1) is 0 Å². The van der Waals surface area contributed by atoms with Crippen molar-refractivity contribution in [1.29, 1.82) is 0 Å². The standard InChI is InChI=1S/C25H23NO8/c1-32-15-34-24(30)22-12-18(26-25(31)33-14-16-5-3-2-4-6-16)8-10-20(22)19-9-7-17(13-27)11-21(19)23(28)29/h2-12,27H,13-15H2,1H3,(H,26,31)(H,28,29). The van der Waals surface area contributed by atoms with E-state index in [1.165, 1.54) is 37.4 Å².